The molecule has 3 amide bonds. The Labute approximate surface area is 423 Å². The molecule has 0 aliphatic carbocycles. The fourth-order valence-electron chi connectivity index (χ4n) is 6.77. The van der Waals surface area contributed by atoms with Gasteiger partial charge in [0.1, 0.15) is 50.7 Å². The number of benzene rings is 3. The number of nitrogens with zero attached hydrogens (tertiary/aromatic N) is 3. The van der Waals surface area contributed by atoms with E-state index < -0.39 is 93.6 Å². The summed E-state index contributed by atoms with van der Waals surface area (Å²) < 4.78 is 41.5. The first-order valence-electron chi connectivity index (χ1n) is 21.2. The number of esters is 3. The van der Waals surface area contributed by atoms with Gasteiger partial charge in [-0.05, 0) is 75.9 Å². The second-order valence-corrected chi connectivity index (χ2v) is 21.2. The van der Waals surface area contributed by atoms with Crippen LogP contribution in [0.25, 0.3) is 0 Å². The maximum absolute atomic E-state index is 14.5. The van der Waals surface area contributed by atoms with Crippen molar-refractivity contribution < 1.29 is 61.5 Å². The Kier molecular flexibility index (Phi) is 17.2. The molecule has 2 N–H and O–H groups in total. The SMILES string of the molecule is COc1ccc(COC(=O)[C@H](CC(=O)OC(C)(C)C)O/N=C(/C(=O)N[C@@H]2C(=O)N3C(C(=O)OC(c4ccccc4)c4ccccc4)=C(CI)C[S@@](=O)[C@H]23)c2nc(NC(=O)OC(C)(C)C)sc2Cl)cc1. The number of halogens is 2. The van der Waals surface area contributed by atoms with Gasteiger partial charge in [0.25, 0.3) is 11.8 Å². The Hall–Kier alpha value is -5.91. The van der Waals surface area contributed by atoms with Crippen LogP contribution in [-0.4, -0.2) is 102 Å². The predicted molar refractivity (Wildman–Crippen MR) is 264 cm³/mol. The van der Waals surface area contributed by atoms with Gasteiger partial charge in [0.2, 0.25) is 6.10 Å². The van der Waals surface area contributed by atoms with Gasteiger partial charge in [-0.1, -0.05) is 123 Å². The van der Waals surface area contributed by atoms with E-state index in [-0.39, 0.29) is 37.6 Å². The number of hydrogen-bond donors (Lipinski definition) is 2. The molecule has 0 bridgehead atoms. The third kappa shape index (κ3) is 13.7. The largest absolute Gasteiger partial charge is 0.497 e. The zero-order valence-corrected chi connectivity index (χ0v) is 43.0. The van der Waals surface area contributed by atoms with Crippen LogP contribution in [0, 0.1) is 0 Å². The molecule has 1 fully saturated rings. The highest BCUT2D eigenvalue weighted by Crippen LogP contribution is 2.38. The summed E-state index contributed by atoms with van der Waals surface area (Å²) in [5.74, 6) is -4.31. The van der Waals surface area contributed by atoms with Crippen molar-refractivity contribution in [2.45, 2.75) is 89.4 Å². The first-order valence-corrected chi connectivity index (χ1v) is 25.3. The van der Waals surface area contributed by atoms with Gasteiger partial charge in [-0.2, -0.15) is 0 Å². The molecule has 0 spiro atoms. The minimum absolute atomic E-state index is 0.0999. The predicted octanol–water partition coefficient (Wildman–Crippen LogP) is 7.15. The highest BCUT2D eigenvalue weighted by molar-refractivity contribution is 14.1. The minimum Gasteiger partial charge on any atom is -0.497 e. The van der Waals surface area contributed by atoms with Crippen molar-refractivity contribution in [1.29, 1.82) is 0 Å². The van der Waals surface area contributed by atoms with Crippen LogP contribution in [0.5, 0.6) is 5.75 Å². The van der Waals surface area contributed by atoms with Crippen molar-refractivity contribution in [1.82, 2.24) is 15.2 Å². The number of fused-ring (bicyclic) bond motifs is 1. The molecule has 0 radical (unpaired) electrons. The van der Waals surface area contributed by atoms with Gasteiger partial charge in [0, 0.05) is 4.43 Å². The molecule has 1 saturated heterocycles. The van der Waals surface area contributed by atoms with E-state index in [4.69, 9.17) is 40.1 Å². The lowest BCUT2D eigenvalue weighted by molar-refractivity contribution is -0.169. The summed E-state index contributed by atoms with van der Waals surface area (Å²) in [5.41, 5.74) is -0.768. The number of thiazole rings is 1. The van der Waals surface area contributed by atoms with Crippen LogP contribution >= 0.6 is 45.5 Å². The van der Waals surface area contributed by atoms with E-state index in [0.717, 1.165) is 4.90 Å². The monoisotopic (exact) mass is 1120 g/mol. The molecule has 22 heteroatoms. The minimum atomic E-state index is -1.85. The van der Waals surface area contributed by atoms with Crippen LogP contribution in [0.3, 0.4) is 0 Å². The summed E-state index contributed by atoms with van der Waals surface area (Å²) in [4.78, 5) is 93.3. The van der Waals surface area contributed by atoms with Crippen molar-refractivity contribution >= 4 is 103 Å². The lowest BCUT2D eigenvalue weighted by atomic mass is 10.0. The lowest BCUT2D eigenvalue weighted by Crippen LogP contribution is -2.74. The number of amides is 3. The number of ether oxygens (including phenoxy) is 5. The third-order valence-corrected chi connectivity index (χ3v) is 13.5. The van der Waals surface area contributed by atoms with Crippen LogP contribution in [0.15, 0.2) is 101 Å². The number of carbonyl (C=O) groups excluding carboxylic acids is 6. The van der Waals surface area contributed by atoms with Gasteiger partial charge < -0.3 is 33.8 Å². The summed E-state index contributed by atoms with van der Waals surface area (Å²) in [5, 5.41) is 7.57. The van der Waals surface area contributed by atoms with Crippen molar-refractivity contribution in [2.75, 3.05) is 22.6 Å². The van der Waals surface area contributed by atoms with Crippen LogP contribution in [0.1, 0.15) is 76.5 Å². The average Bonchev–Trinajstić information content (AvgIpc) is 3.65. The lowest BCUT2D eigenvalue weighted by Gasteiger charge is -2.49. The van der Waals surface area contributed by atoms with Gasteiger partial charge >= 0.3 is 24.0 Å². The molecule has 1 aromatic heterocycles. The molecule has 2 aliphatic rings. The van der Waals surface area contributed by atoms with E-state index in [1.807, 2.05) is 34.7 Å². The van der Waals surface area contributed by atoms with Gasteiger partial charge in [0.15, 0.2) is 16.9 Å². The molecule has 4 atom stereocenters. The van der Waals surface area contributed by atoms with Gasteiger partial charge in [-0.25, -0.2) is 19.4 Å². The summed E-state index contributed by atoms with van der Waals surface area (Å²) in [6.07, 6.45) is -4.31. The quantitative estimate of drug-likeness (QED) is 0.0204. The van der Waals surface area contributed by atoms with Gasteiger partial charge in [-0.15, -0.1) is 0 Å². The zero-order valence-electron chi connectivity index (χ0n) is 38.4. The first-order chi connectivity index (χ1) is 32.7. The molecule has 3 aromatic carbocycles. The van der Waals surface area contributed by atoms with E-state index >= 15 is 0 Å². The molecular weight excluding hydrogens is 1070 g/mol. The number of nitrogens with one attached hydrogen (secondary N) is 2. The van der Waals surface area contributed by atoms with E-state index in [1.54, 1.807) is 114 Å². The number of methoxy groups -OCH3 is 1. The number of anilines is 1. The molecule has 69 heavy (non-hydrogen) atoms. The second kappa shape index (κ2) is 22.7. The third-order valence-electron chi connectivity index (χ3n) is 9.75. The summed E-state index contributed by atoms with van der Waals surface area (Å²) >= 11 is 9.36. The number of alkyl halides is 1. The fourth-order valence-corrected chi connectivity index (χ4v) is 10.5. The smallest absolute Gasteiger partial charge is 0.413 e. The van der Waals surface area contributed by atoms with Gasteiger partial charge in [0.05, 0.1) is 30.1 Å². The molecule has 18 nitrogen and oxygen atoms in total. The molecule has 0 unspecified atom stereocenters. The Morgan fingerprint density at radius 3 is 2.10 bits per heavy atom. The van der Waals surface area contributed by atoms with E-state index in [0.29, 0.717) is 39.3 Å². The fraction of sp³-hybridized carbons (Fsp3) is 0.362. The standard InChI is InChI=1S/C47H49ClIN5O13S2/c1-46(2,3)65-32(55)22-31(42(58)63-24-26-18-20-30(62-7)21-19-26)67-53-34(33-38(48)68-44(51-33)52-45(60)66-47(4,5)6)39(56)50-35-40(57)54-36(29(23-49)25-69(61)41(35)54)43(59)64-37(27-14-10-8-11-15-27)28-16-12-9-13-17-28/h8-21,31,35,37,41H,22-25H2,1-7H3,(H,50,56)(H,51,52,60)/b53-34+/t31-,35+,41+,69+/m0/s1. The molecule has 3 heterocycles. The molecule has 4 aromatic rings. The summed E-state index contributed by atoms with van der Waals surface area (Å²) in [6.45, 7) is 9.54. The maximum Gasteiger partial charge on any atom is 0.413 e. The summed E-state index contributed by atoms with van der Waals surface area (Å²) in [6, 6.07) is 23.2. The van der Waals surface area contributed by atoms with Crippen molar-refractivity contribution in [3.8, 4) is 5.75 Å². The zero-order chi connectivity index (χ0) is 50.2. The van der Waals surface area contributed by atoms with Crippen LogP contribution in [0.2, 0.25) is 4.34 Å². The van der Waals surface area contributed by atoms with Crippen molar-refractivity contribution in [3.63, 3.8) is 0 Å². The van der Waals surface area contributed by atoms with Crippen LogP contribution < -0.4 is 15.4 Å². The molecule has 6 rings (SSSR count). The number of oxime groups is 1. The molecule has 0 saturated carbocycles. The van der Waals surface area contributed by atoms with Crippen molar-refractivity contribution in [3.05, 3.63) is 123 Å². The van der Waals surface area contributed by atoms with E-state index in [1.165, 1.54) is 7.11 Å². The number of rotatable bonds is 17. The highest BCUT2D eigenvalue weighted by atomic mass is 127. The highest BCUT2D eigenvalue weighted by Gasteiger charge is 2.58. The molecular formula is C47H49ClIN5O13S2. The molecule has 2 aliphatic heterocycles. The first kappa shape index (κ1) is 52.5. The van der Waals surface area contributed by atoms with Crippen LogP contribution in [-0.2, 0) is 65.2 Å². The van der Waals surface area contributed by atoms with Crippen molar-refractivity contribution in [2.24, 2.45) is 5.16 Å². The normalized spacial score (nSPS) is 17.5. The average molecular weight is 1120 g/mol. The van der Waals surface area contributed by atoms with E-state index in [2.05, 4.69) is 20.8 Å². The Morgan fingerprint density at radius 2 is 1.54 bits per heavy atom. The van der Waals surface area contributed by atoms with Crippen LogP contribution in [0.4, 0.5) is 9.93 Å². The summed E-state index contributed by atoms with van der Waals surface area (Å²) in [7, 11) is -0.347. The topological polar surface area (TPSA) is 227 Å². The Morgan fingerprint density at radius 1 is 0.928 bits per heavy atom. The number of hydrogen-bond acceptors (Lipinski definition) is 16. The molecule has 366 valence electrons. The van der Waals surface area contributed by atoms with Gasteiger partial charge in [-0.3, -0.25) is 28.8 Å². The number of β-lactam (4-membered cyclic amide) rings is 1. The number of carbonyl (C=O) groups is 6. The number of aromatic nitrogens is 1. The van der Waals surface area contributed by atoms with E-state index in [9.17, 15) is 33.0 Å². The second-order valence-electron chi connectivity index (χ2n) is 17.3. The maximum atomic E-state index is 14.5. The Bertz CT molecular complexity index is 2610. The Balaban J connectivity index is 1.30.